The van der Waals surface area contributed by atoms with Gasteiger partial charge in [-0.15, -0.1) is 11.3 Å². The van der Waals surface area contributed by atoms with Crippen molar-refractivity contribution in [3.63, 3.8) is 0 Å². The number of thiazole rings is 1. The number of carboxylic acid groups (broad SMARTS) is 1. The lowest BCUT2D eigenvalue weighted by atomic mass is 10.0. The lowest BCUT2D eigenvalue weighted by Crippen LogP contribution is -2.42. The predicted molar refractivity (Wildman–Crippen MR) is 100 cm³/mol. The van der Waals surface area contributed by atoms with Gasteiger partial charge in [-0.25, -0.2) is 9.78 Å². The average molecular weight is 376 g/mol. The molecule has 0 saturated carbocycles. The number of carboxylic acids is 1. The molecule has 7 heteroatoms. The van der Waals surface area contributed by atoms with Gasteiger partial charge in [-0.05, 0) is 31.4 Å². The van der Waals surface area contributed by atoms with Crippen LogP contribution in [-0.2, 0) is 22.6 Å². The predicted octanol–water partition coefficient (Wildman–Crippen LogP) is 3.19. The normalized spacial score (nSPS) is 12.0. The summed E-state index contributed by atoms with van der Waals surface area (Å²) in [5.41, 5.74) is 1.78. The maximum Gasteiger partial charge on any atom is 0.326 e. The highest BCUT2D eigenvalue weighted by atomic mass is 32.1. The summed E-state index contributed by atoms with van der Waals surface area (Å²) < 4.78 is 5.67. The number of ether oxygens (including phenoxy) is 1. The van der Waals surface area contributed by atoms with Gasteiger partial charge in [0.25, 0.3) is 0 Å². The van der Waals surface area contributed by atoms with Crippen molar-refractivity contribution in [3.8, 4) is 5.75 Å². The van der Waals surface area contributed by atoms with E-state index >= 15 is 0 Å². The van der Waals surface area contributed by atoms with Crippen LogP contribution in [-0.4, -0.2) is 28.0 Å². The molecule has 6 nitrogen and oxygen atoms in total. The van der Waals surface area contributed by atoms with Crippen LogP contribution in [0, 0.1) is 12.8 Å². The molecule has 26 heavy (non-hydrogen) atoms. The summed E-state index contributed by atoms with van der Waals surface area (Å²) in [6.45, 7) is 6.18. The third kappa shape index (κ3) is 6.48. The molecule has 1 atom stereocenters. The number of amides is 1. The Labute approximate surface area is 157 Å². The van der Waals surface area contributed by atoms with E-state index in [4.69, 9.17) is 4.74 Å². The molecular weight excluding hydrogens is 352 g/mol. The van der Waals surface area contributed by atoms with Crippen LogP contribution in [0.5, 0.6) is 5.75 Å². The van der Waals surface area contributed by atoms with Crippen LogP contribution in [0.2, 0.25) is 0 Å². The van der Waals surface area contributed by atoms with Crippen molar-refractivity contribution in [3.05, 3.63) is 45.9 Å². The van der Waals surface area contributed by atoms with Gasteiger partial charge in [-0.3, -0.25) is 4.79 Å². The number of aromatic nitrogens is 1. The van der Waals surface area contributed by atoms with Crippen molar-refractivity contribution < 1.29 is 19.4 Å². The number of nitrogens with one attached hydrogen (secondary N) is 1. The van der Waals surface area contributed by atoms with Crippen LogP contribution in [0.15, 0.2) is 29.6 Å². The second-order valence-electron chi connectivity index (χ2n) is 6.60. The summed E-state index contributed by atoms with van der Waals surface area (Å²) in [4.78, 5) is 27.7. The van der Waals surface area contributed by atoms with Crippen molar-refractivity contribution in [2.75, 3.05) is 0 Å². The molecule has 0 saturated heterocycles. The monoisotopic (exact) mass is 376 g/mol. The molecule has 0 fully saturated rings. The summed E-state index contributed by atoms with van der Waals surface area (Å²) in [7, 11) is 0. The molecule has 1 amide bonds. The molecule has 2 rings (SSSR count). The maximum atomic E-state index is 12.1. The first kappa shape index (κ1) is 19.9. The van der Waals surface area contributed by atoms with Crippen LogP contribution < -0.4 is 10.1 Å². The molecule has 0 aliphatic rings. The highest BCUT2D eigenvalue weighted by Gasteiger charge is 2.21. The summed E-state index contributed by atoms with van der Waals surface area (Å²) in [5, 5.41) is 14.3. The standard InChI is InChI=1S/C19H24N2O4S/c1-12(2)8-16(19(23)24)21-17(22)9-14-11-26-18(20-14)10-25-15-6-4-13(3)5-7-15/h4-7,11-12,16H,8-10H2,1-3H3,(H,21,22)(H,23,24). The van der Waals surface area contributed by atoms with E-state index in [1.807, 2.05) is 45.0 Å². The van der Waals surface area contributed by atoms with Crippen molar-refractivity contribution in [2.24, 2.45) is 5.92 Å². The van der Waals surface area contributed by atoms with Crippen LogP contribution in [0.4, 0.5) is 0 Å². The number of aliphatic carboxylic acids is 1. The number of carbonyl (C=O) groups excluding carboxylic acids is 1. The first-order chi connectivity index (χ1) is 12.3. The largest absolute Gasteiger partial charge is 0.486 e. The molecule has 0 bridgehead atoms. The number of hydrogen-bond donors (Lipinski definition) is 2. The first-order valence-electron chi connectivity index (χ1n) is 8.48. The highest BCUT2D eigenvalue weighted by Crippen LogP contribution is 2.16. The SMILES string of the molecule is Cc1ccc(OCc2nc(CC(=O)NC(CC(C)C)C(=O)O)cs2)cc1. The Bertz CT molecular complexity index is 740. The molecular formula is C19H24N2O4S. The zero-order valence-electron chi connectivity index (χ0n) is 15.2. The lowest BCUT2D eigenvalue weighted by Gasteiger charge is -2.16. The van der Waals surface area contributed by atoms with Crippen molar-refractivity contribution in [2.45, 2.75) is 46.3 Å². The topological polar surface area (TPSA) is 88.5 Å². The molecule has 0 radical (unpaired) electrons. The van der Waals surface area contributed by atoms with E-state index in [0.717, 1.165) is 16.3 Å². The third-order valence-electron chi connectivity index (χ3n) is 3.66. The third-order valence-corrected chi connectivity index (χ3v) is 4.54. The summed E-state index contributed by atoms with van der Waals surface area (Å²) in [5.74, 6) is -0.406. The molecule has 2 aromatic rings. The summed E-state index contributed by atoms with van der Waals surface area (Å²) >= 11 is 1.42. The maximum absolute atomic E-state index is 12.1. The molecule has 2 N–H and O–H groups in total. The van der Waals surface area contributed by atoms with Gasteiger partial charge in [0.1, 0.15) is 23.4 Å². The quantitative estimate of drug-likeness (QED) is 0.702. The molecule has 1 aromatic carbocycles. The van der Waals surface area contributed by atoms with Gasteiger partial charge >= 0.3 is 5.97 Å². The van der Waals surface area contributed by atoms with Gasteiger partial charge in [-0.2, -0.15) is 0 Å². The summed E-state index contributed by atoms with van der Waals surface area (Å²) in [6.07, 6.45) is 0.455. The van der Waals surface area contributed by atoms with Gasteiger partial charge in [0, 0.05) is 5.38 Å². The minimum atomic E-state index is -1.02. The molecule has 1 aromatic heterocycles. The molecule has 0 aliphatic heterocycles. The van der Waals surface area contributed by atoms with E-state index in [1.165, 1.54) is 11.3 Å². The van der Waals surface area contributed by atoms with Gasteiger partial charge in [-0.1, -0.05) is 31.5 Å². The van der Waals surface area contributed by atoms with E-state index in [0.29, 0.717) is 18.7 Å². The van der Waals surface area contributed by atoms with Crippen LogP contribution in [0.1, 0.15) is 36.5 Å². The fraction of sp³-hybridized carbons (Fsp3) is 0.421. The number of aryl methyl sites for hydroxylation is 1. The number of benzene rings is 1. The van der Waals surface area contributed by atoms with Gasteiger partial charge in [0.2, 0.25) is 5.91 Å². The smallest absolute Gasteiger partial charge is 0.326 e. The van der Waals surface area contributed by atoms with E-state index in [1.54, 1.807) is 5.38 Å². The Balaban J connectivity index is 1.85. The second-order valence-corrected chi connectivity index (χ2v) is 7.54. The van der Waals surface area contributed by atoms with Crippen molar-refractivity contribution >= 4 is 23.2 Å². The Morgan fingerprint density at radius 3 is 2.58 bits per heavy atom. The molecule has 1 unspecified atom stereocenters. The zero-order valence-corrected chi connectivity index (χ0v) is 16.0. The average Bonchev–Trinajstić information content (AvgIpc) is 3.00. The van der Waals surface area contributed by atoms with Crippen LogP contribution in [0.3, 0.4) is 0 Å². The Kier molecular flexibility index (Phi) is 7.15. The fourth-order valence-electron chi connectivity index (χ4n) is 2.38. The Morgan fingerprint density at radius 2 is 1.96 bits per heavy atom. The lowest BCUT2D eigenvalue weighted by molar-refractivity contribution is -0.142. The number of nitrogens with zero attached hydrogens (tertiary/aromatic N) is 1. The minimum Gasteiger partial charge on any atom is -0.486 e. The summed E-state index contributed by atoms with van der Waals surface area (Å²) in [6, 6.07) is 6.88. The fourth-order valence-corrected chi connectivity index (χ4v) is 3.08. The molecule has 0 spiro atoms. The van der Waals surface area contributed by atoms with Crippen molar-refractivity contribution in [1.29, 1.82) is 0 Å². The Morgan fingerprint density at radius 1 is 1.27 bits per heavy atom. The van der Waals surface area contributed by atoms with Crippen LogP contribution in [0.25, 0.3) is 0 Å². The highest BCUT2D eigenvalue weighted by molar-refractivity contribution is 7.09. The van der Waals surface area contributed by atoms with Crippen LogP contribution >= 0.6 is 11.3 Å². The second kappa shape index (κ2) is 9.33. The van der Waals surface area contributed by atoms with E-state index in [2.05, 4.69) is 10.3 Å². The molecule has 140 valence electrons. The van der Waals surface area contributed by atoms with Crippen molar-refractivity contribution in [1.82, 2.24) is 10.3 Å². The number of hydrogen-bond acceptors (Lipinski definition) is 5. The number of rotatable bonds is 9. The molecule has 1 heterocycles. The number of carbonyl (C=O) groups is 2. The zero-order chi connectivity index (χ0) is 19.1. The molecule has 0 aliphatic carbocycles. The van der Waals surface area contributed by atoms with Gasteiger partial charge in [0.05, 0.1) is 12.1 Å². The van der Waals surface area contributed by atoms with Gasteiger partial charge in [0.15, 0.2) is 0 Å². The first-order valence-corrected chi connectivity index (χ1v) is 9.36. The van der Waals surface area contributed by atoms with E-state index in [-0.39, 0.29) is 18.2 Å². The Hall–Kier alpha value is -2.41. The van der Waals surface area contributed by atoms with Gasteiger partial charge < -0.3 is 15.2 Å². The van der Waals surface area contributed by atoms with E-state index < -0.39 is 12.0 Å². The van der Waals surface area contributed by atoms with E-state index in [9.17, 15) is 14.7 Å². The minimum absolute atomic E-state index is 0.0584.